The number of allylic oxidation sites excluding steroid dienone is 4. The first kappa shape index (κ1) is 13.2. The second-order valence-corrected chi connectivity index (χ2v) is 3.70. The Morgan fingerprint density at radius 3 is 2.14 bits per heavy atom. The van der Waals surface area contributed by atoms with Crippen molar-refractivity contribution in [3.8, 4) is 0 Å². The molecule has 14 heavy (non-hydrogen) atoms. The zero-order valence-corrected chi connectivity index (χ0v) is 9.60. The summed E-state index contributed by atoms with van der Waals surface area (Å²) >= 11 is 0. The van der Waals surface area contributed by atoms with E-state index >= 15 is 0 Å². The van der Waals surface area contributed by atoms with Crippen molar-refractivity contribution in [2.45, 2.75) is 51.9 Å². The second-order valence-electron chi connectivity index (χ2n) is 3.70. The highest BCUT2D eigenvalue weighted by Gasteiger charge is 1.91. The van der Waals surface area contributed by atoms with Gasteiger partial charge in [0.25, 0.3) is 0 Å². The fraction of sp³-hybridized carbons (Fsp3) is 0.571. The van der Waals surface area contributed by atoms with E-state index in [0.717, 1.165) is 12.8 Å². The van der Waals surface area contributed by atoms with Gasteiger partial charge in [-0.1, -0.05) is 50.0 Å². The van der Waals surface area contributed by atoms with Gasteiger partial charge in [0, 0.05) is 0 Å². The molecule has 0 aromatic rings. The lowest BCUT2D eigenvalue weighted by atomic mass is 10.1. The van der Waals surface area contributed by atoms with Crippen LogP contribution in [0.3, 0.4) is 0 Å². The molecule has 80 valence electrons. The minimum absolute atomic E-state index is 1.01. The maximum atomic E-state index is 3.77. The standard InChI is InChI=1S/C14H24/c1-4-7-8-9-10-13-14(11-5-2)12-6-3/h5-6,13H,2-4,7-12H2,1H3. The summed E-state index contributed by atoms with van der Waals surface area (Å²) in [4.78, 5) is 0. The molecule has 0 saturated carbocycles. The normalized spacial score (nSPS) is 9.50. The van der Waals surface area contributed by atoms with Crippen LogP contribution in [0.4, 0.5) is 0 Å². The summed E-state index contributed by atoms with van der Waals surface area (Å²) in [6, 6.07) is 0. The van der Waals surface area contributed by atoms with Crippen molar-refractivity contribution in [2.24, 2.45) is 0 Å². The summed E-state index contributed by atoms with van der Waals surface area (Å²) in [6.45, 7) is 9.78. The Balaban J connectivity index is 3.66. The molecule has 0 heterocycles. The third-order valence-corrected chi connectivity index (χ3v) is 2.30. The molecule has 0 heteroatoms. The fourth-order valence-corrected chi connectivity index (χ4v) is 1.50. The van der Waals surface area contributed by atoms with Gasteiger partial charge in [-0.2, -0.15) is 0 Å². The molecular weight excluding hydrogens is 168 g/mol. The molecule has 0 aliphatic rings. The van der Waals surface area contributed by atoms with Gasteiger partial charge >= 0.3 is 0 Å². The molecular formula is C14H24. The van der Waals surface area contributed by atoms with E-state index in [9.17, 15) is 0 Å². The Morgan fingerprint density at radius 1 is 1.00 bits per heavy atom. The molecule has 0 unspecified atom stereocenters. The monoisotopic (exact) mass is 192 g/mol. The Hall–Kier alpha value is -0.780. The van der Waals surface area contributed by atoms with E-state index < -0.39 is 0 Å². The molecule has 0 bridgehead atoms. The maximum absolute atomic E-state index is 3.77. The van der Waals surface area contributed by atoms with E-state index in [4.69, 9.17) is 0 Å². The van der Waals surface area contributed by atoms with E-state index in [-0.39, 0.29) is 0 Å². The average molecular weight is 192 g/mol. The summed E-state index contributed by atoms with van der Waals surface area (Å²) in [7, 11) is 0. The van der Waals surface area contributed by atoms with E-state index in [1.54, 1.807) is 0 Å². The van der Waals surface area contributed by atoms with E-state index in [0.29, 0.717) is 0 Å². The molecule has 0 aliphatic carbocycles. The summed E-state index contributed by atoms with van der Waals surface area (Å²) in [5.41, 5.74) is 1.46. The van der Waals surface area contributed by atoms with Crippen LogP contribution in [0, 0.1) is 0 Å². The zero-order chi connectivity index (χ0) is 10.6. The summed E-state index contributed by atoms with van der Waals surface area (Å²) in [5.74, 6) is 0. The Bertz CT molecular complexity index is 162. The molecule has 0 nitrogen and oxygen atoms in total. The second kappa shape index (κ2) is 10.3. The fourth-order valence-electron chi connectivity index (χ4n) is 1.50. The smallest absolute Gasteiger partial charge is 0.0138 e. The third-order valence-electron chi connectivity index (χ3n) is 2.30. The predicted molar refractivity (Wildman–Crippen MR) is 66.5 cm³/mol. The summed E-state index contributed by atoms with van der Waals surface area (Å²) < 4.78 is 0. The highest BCUT2D eigenvalue weighted by Crippen LogP contribution is 2.11. The minimum Gasteiger partial charge on any atom is -0.103 e. The number of hydrogen-bond donors (Lipinski definition) is 0. The SMILES string of the molecule is C=CCC(=CCCCCCC)CC=C. The number of hydrogen-bond acceptors (Lipinski definition) is 0. The molecule has 0 amide bonds. The highest BCUT2D eigenvalue weighted by molar-refractivity contribution is 5.09. The van der Waals surface area contributed by atoms with Gasteiger partial charge in [-0.25, -0.2) is 0 Å². The van der Waals surface area contributed by atoms with E-state index in [2.05, 4.69) is 26.2 Å². The van der Waals surface area contributed by atoms with Crippen molar-refractivity contribution >= 4 is 0 Å². The topological polar surface area (TPSA) is 0 Å². The van der Waals surface area contributed by atoms with Gasteiger partial charge in [0.2, 0.25) is 0 Å². The largest absolute Gasteiger partial charge is 0.103 e. The first-order valence-electron chi connectivity index (χ1n) is 5.74. The van der Waals surface area contributed by atoms with Gasteiger partial charge in [0.1, 0.15) is 0 Å². The lowest BCUT2D eigenvalue weighted by molar-refractivity contribution is 0.672. The molecule has 0 radical (unpaired) electrons. The molecule has 0 fully saturated rings. The van der Waals surface area contributed by atoms with Crippen molar-refractivity contribution in [3.63, 3.8) is 0 Å². The Morgan fingerprint density at radius 2 is 1.64 bits per heavy atom. The highest BCUT2D eigenvalue weighted by atomic mass is 14.0. The van der Waals surface area contributed by atoms with Gasteiger partial charge in [-0.05, 0) is 25.7 Å². The molecule has 0 aliphatic heterocycles. The van der Waals surface area contributed by atoms with Crippen molar-refractivity contribution < 1.29 is 0 Å². The molecule has 0 N–H and O–H groups in total. The zero-order valence-electron chi connectivity index (χ0n) is 9.60. The van der Waals surface area contributed by atoms with Crippen LogP contribution in [-0.4, -0.2) is 0 Å². The average Bonchev–Trinajstić information content (AvgIpc) is 2.18. The Kier molecular flexibility index (Phi) is 9.73. The van der Waals surface area contributed by atoms with Gasteiger partial charge in [-0.3, -0.25) is 0 Å². The van der Waals surface area contributed by atoms with Crippen molar-refractivity contribution in [1.82, 2.24) is 0 Å². The van der Waals surface area contributed by atoms with Crippen LogP contribution in [-0.2, 0) is 0 Å². The van der Waals surface area contributed by atoms with Gasteiger partial charge < -0.3 is 0 Å². The van der Waals surface area contributed by atoms with Crippen LogP contribution in [0.25, 0.3) is 0 Å². The quantitative estimate of drug-likeness (QED) is 0.355. The number of unbranched alkanes of at least 4 members (excludes halogenated alkanes) is 4. The first-order valence-corrected chi connectivity index (χ1v) is 5.74. The van der Waals surface area contributed by atoms with Crippen LogP contribution in [0.5, 0.6) is 0 Å². The molecule has 0 atom stereocenters. The Labute approximate surface area is 89.4 Å². The van der Waals surface area contributed by atoms with Crippen molar-refractivity contribution in [1.29, 1.82) is 0 Å². The third kappa shape index (κ3) is 7.85. The lowest BCUT2D eigenvalue weighted by Gasteiger charge is -2.01. The van der Waals surface area contributed by atoms with Crippen molar-refractivity contribution in [3.05, 3.63) is 37.0 Å². The minimum atomic E-state index is 1.01. The molecule has 0 rings (SSSR count). The summed E-state index contributed by atoms with van der Waals surface area (Å²) in [5, 5.41) is 0. The molecule has 0 spiro atoms. The number of rotatable bonds is 9. The first-order chi connectivity index (χ1) is 6.85. The maximum Gasteiger partial charge on any atom is -0.0138 e. The van der Waals surface area contributed by atoms with Crippen LogP contribution in [0.1, 0.15) is 51.9 Å². The van der Waals surface area contributed by atoms with Crippen LogP contribution < -0.4 is 0 Å². The lowest BCUT2D eigenvalue weighted by Crippen LogP contribution is -1.81. The predicted octanol–water partition coefficient (Wildman–Crippen LogP) is 5.04. The van der Waals surface area contributed by atoms with Crippen LogP contribution in [0.2, 0.25) is 0 Å². The van der Waals surface area contributed by atoms with Gasteiger partial charge in [-0.15, -0.1) is 13.2 Å². The van der Waals surface area contributed by atoms with Gasteiger partial charge in [0.05, 0.1) is 0 Å². The van der Waals surface area contributed by atoms with Crippen LogP contribution in [0.15, 0.2) is 37.0 Å². The summed E-state index contributed by atoms with van der Waals surface area (Å²) in [6.07, 6.45) is 14.9. The van der Waals surface area contributed by atoms with Crippen LogP contribution >= 0.6 is 0 Å². The van der Waals surface area contributed by atoms with Gasteiger partial charge in [0.15, 0.2) is 0 Å². The van der Waals surface area contributed by atoms with Crippen molar-refractivity contribution in [2.75, 3.05) is 0 Å². The molecule has 0 saturated heterocycles. The molecule has 0 aromatic carbocycles. The van der Waals surface area contributed by atoms with E-state index in [1.807, 2.05) is 12.2 Å². The van der Waals surface area contributed by atoms with E-state index in [1.165, 1.54) is 37.7 Å². The molecule has 0 aromatic heterocycles.